The summed E-state index contributed by atoms with van der Waals surface area (Å²) in [6.45, 7) is 4.05. The Kier molecular flexibility index (Phi) is 7.82. The average molecular weight is 616 g/mol. The molecule has 2 aromatic heterocycles. The molecular formula is C33H35F2N7O3. The Labute approximate surface area is 259 Å². The molecule has 0 bridgehead atoms. The van der Waals surface area contributed by atoms with Gasteiger partial charge in [0.15, 0.2) is 5.82 Å². The lowest BCUT2D eigenvalue weighted by Gasteiger charge is -2.34. The number of aryl methyl sites for hydroxylation is 1. The fourth-order valence-corrected chi connectivity index (χ4v) is 6.49. The number of aromatic amines is 1. The number of ether oxygens (including phenoxy) is 1. The molecule has 0 atom stereocenters. The van der Waals surface area contributed by atoms with Gasteiger partial charge in [-0.3, -0.25) is 19.2 Å². The van der Waals surface area contributed by atoms with E-state index in [9.17, 15) is 14.0 Å². The number of fused-ring (bicyclic) bond motifs is 1. The summed E-state index contributed by atoms with van der Waals surface area (Å²) in [5.41, 5.74) is 2.63. The third-order valence-corrected chi connectivity index (χ3v) is 9.08. The van der Waals surface area contributed by atoms with E-state index in [1.165, 1.54) is 32.1 Å². The van der Waals surface area contributed by atoms with Crippen LogP contribution >= 0.6 is 0 Å². The molecule has 4 heterocycles. The molecule has 10 nitrogen and oxygen atoms in total. The van der Waals surface area contributed by atoms with Crippen molar-refractivity contribution < 1.29 is 23.1 Å². The predicted octanol–water partition coefficient (Wildman–Crippen LogP) is 4.34. The Hall–Kier alpha value is -4.58. The van der Waals surface area contributed by atoms with E-state index in [-0.39, 0.29) is 30.3 Å². The zero-order valence-corrected chi connectivity index (χ0v) is 25.1. The van der Waals surface area contributed by atoms with Crippen LogP contribution in [0.25, 0.3) is 27.6 Å². The second-order valence-electron chi connectivity index (χ2n) is 11.9. The number of hydrogen-bond acceptors (Lipinski definition) is 6. The van der Waals surface area contributed by atoms with Crippen LogP contribution in [0.5, 0.6) is 5.75 Å². The van der Waals surface area contributed by atoms with Crippen LogP contribution in [0.15, 0.2) is 48.8 Å². The van der Waals surface area contributed by atoms with Crippen molar-refractivity contribution in [1.29, 1.82) is 0 Å². The highest BCUT2D eigenvalue weighted by molar-refractivity contribution is 6.05. The van der Waals surface area contributed by atoms with Crippen molar-refractivity contribution in [2.24, 2.45) is 0 Å². The summed E-state index contributed by atoms with van der Waals surface area (Å²) in [5, 5.41) is 8.20. The van der Waals surface area contributed by atoms with E-state index in [4.69, 9.17) is 4.74 Å². The molecule has 2 aromatic carbocycles. The van der Waals surface area contributed by atoms with Crippen LogP contribution in [0.3, 0.4) is 0 Å². The van der Waals surface area contributed by atoms with Gasteiger partial charge in [-0.25, -0.2) is 8.78 Å². The molecule has 2 amide bonds. The van der Waals surface area contributed by atoms with E-state index in [1.54, 1.807) is 40.2 Å². The second-order valence-corrected chi connectivity index (χ2v) is 11.9. The van der Waals surface area contributed by atoms with Crippen LogP contribution in [0.2, 0.25) is 0 Å². The number of nitrogens with zero attached hydrogens (tertiary/aromatic N) is 6. The van der Waals surface area contributed by atoms with Crippen LogP contribution in [-0.2, 0) is 11.3 Å². The summed E-state index contributed by atoms with van der Waals surface area (Å²) in [6, 6.07) is 8.28. The van der Waals surface area contributed by atoms with Gasteiger partial charge in [-0.2, -0.15) is 0 Å². The summed E-state index contributed by atoms with van der Waals surface area (Å²) in [4.78, 5) is 35.8. The number of rotatable bonds is 8. The summed E-state index contributed by atoms with van der Waals surface area (Å²) >= 11 is 0. The Balaban J connectivity index is 1.23. The molecule has 12 heteroatoms. The molecule has 1 saturated heterocycles. The monoisotopic (exact) mass is 615 g/mol. The molecular weight excluding hydrogens is 580 g/mol. The van der Waals surface area contributed by atoms with Crippen molar-refractivity contribution in [3.8, 4) is 16.9 Å². The van der Waals surface area contributed by atoms with E-state index in [2.05, 4.69) is 20.2 Å². The third-order valence-electron chi connectivity index (χ3n) is 9.08. The minimum atomic E-state index is -0.504. The molecule has 2 fully saturated rings. The molecule has 1 N–H and O–H groups in total. The van der Waals surface area contributed by atoms with Crippen LogP contribution in [0.1, 0.15) is 41.7 Å². The molecule has 45 heavy (non-hydrogen) atoms. The van der Waals surface area contributed by atoms with Crippen LogP contribution < -0.4 is 4.74 Å². The molecule has 7 rings (SSSR count). The lowest BCUT2D eigenvalue weighted by Crippen LogP contribution is -2.49. The molecule has 2 aliphatic heterocycles. The van der Waals surface area contributed by atoms with Crippen LogP contribution in [0.4, 0.5) is 8.78 Å². The highest BCUT2D eigenvalue weighted by Crippen LogP contribution is 2.40. The zero-order chi connectivity index (χ0) is 31.1. The first-order valence-electron chi connectivity index (χ1n) is 15.4. The van der Waals surface area contributed by atoms with E-state index in [0.717, 1.165) is 13.1 Å². The van der Waals surface area contributed by atoms with Gasteiger partial charge in [-0.1, -0.05) is 11.3 Å². The predicted molar refractivity (Wildman–Crippen MR) is 165 cm³/mol. The number of carbonyl (C=O) groups excluding carboxylic acids is 2. The minimum Gasteiger partial charge on any atom is -0.496 e. The molecule has 1 aliphatic carbocycles. The lowest BCUT2D eigenvalue weighted by molar-refractivity contribution is -0.131. The second kappa shape index (κ2) is 12.1. The van der Waals surface area contributed by atoms with E-state index >= 15 is 4.39 Å². The fraction of sp³-hybridized carbons (Fsp3) is 0.394. The molecule has 0 spiro atoms. The normalized spacial score (nSPS) is 17.5. The third kappa shape index (κ3) is 5.82. The number of benzene rings is 2. The Morgan fingerprint density at radius 1 is 1.00 bits per heavy atom. The largest absolute Gasteiger partial charge is 0.496 e. The van der Waals surface area contributed by atoms with Crippen molar-refractivity contribution in [3.05, 3.63) is 71.7 Å². The molecule has 0 unspecified atom stereocenters. The Morgan fingerprint density at radius 3 is 2.56 bits per heavy atom. The molecule has 3 aliphatic rings. The van der Waals surface area contributed by atoms with Crippen molar-refractivity contribution in [2.75, 3.05) is 46.4 Å². The van der Waals surface area contributed by atoms with Gasteiger partial charge in [-0.15, -0.1) is 5.10 Å². The molecule has 4 aromatic rings. The van der Waals surface area contributed by atoms with Gasteiger partial charge in [0.05, 0.1) is 25.4 Å². The zero-order valence-electron chi connectivity index (χ0n) is 25.1. The lowest BCUT2D eigenvalue weighted by atomic mass is 9.92. The first kappa shape index (κ1) is 29.1. The number of halogens is 2. The fourth-order valence-electron chi connectivity index (χ4n) is 6.49. The molecule has 234 valence electrons. The van der Waals surface area contributed by atoms with Crippen molar-refractivity contribution in [2.45, 2.75) is 38.3 Å². The van der Waals surface area contributed by atoms with E-state index in [0.29, 0.717) is 77.7 Å². The Bertz CT molecular complexity index is 1770. The van der Waals surface area contributed by atoms with Gasteiger partial charge >= 0.3 is 0 Å². The SMILES string of the molecule is COc1cc(F)ccc1-c1cc(C2=CCCN(C(=O)CCn3ccnn3)C2)c(F)c2[nH]c(C(=O)N3CCN(C4CC4)CC3)cc12. The van der Waals surface area contributed by atoms with Crippen LogP contribution in [0, 0.1) is 11.6 Å². The maximum Gasteiger partial charge on any atom is 0.270 e. The van der Waals surface area contributed by atoms with Gasteiger partial charge in [0.1, 0.15) is 17.3 Å². The van der Waals surface area contributed by atoms with Gasteiger partial charge < -0.3 is 19.5 Å². The smallest absolute Gasteiger partial charge is 0.270 e. The first-order valence-corrected chi connectivity index (χ1v) is 15.4. The van der Waals surface area contributed by atoms with Gasteiger partial charge in [-0.05, 0) is 54.7 Å². The van der Waals surface area contributed by atoms with Crippen molar-refractivity contribution >= 4 is 28.3 Å². The summed E-state index contributed by atoms with van der Waals surface area (Å²) in [7, 11) is 1.46. The quantitative estimate of drug-likeness (QED) is 0.317. The number of piperazine rings is 1. The maximum absolute atomic E-state index is 16.5. The standard InChI is InChI=1S/C33H35F2N7O3/c1-45-29-17-22(34)4-7-24(29)26-18-25(21-3-2-10-41(20-21)30(43)8-11-42-12-9-36-38-42)31(35)32-27(26)19-28(37-32)33(44)40-15-13-39(14-16-40)23-5-6-23/h3-4,7,9,12,17-19,23,37H,2,5-6,8,10-11,13-16,20H2,1H3. The summed E-state index contributed by atoms with van der Waals surface area (Å²) < 4.78 is 37.9. The number of amides is 2. The number of hydrogen-bond donors (Lipinski definition) is 1. The minimum absolute atomic E-state index is 0.0625. The molecule has 1 saturated carbocycles. The van der Waals surface area contributed by atoms with Crippen molar-refractivity contribution in [3.63, 3.8) is 0 Å². The van der Waals surface area contributed by atoms with Gasteiger partial charge in [0.25, 0.3) is 5.91 Å². The number of carbonyl (C=O) groups is 2. The van der Waals surface area contributed by atoms with Gasteiger partial charge in [0.2, 0.25) is 5.91 Å². The molecule has 0 radical (unpaired) electrons. The average Bonchev–Trinajstić information content (AvgIpc) is 3.59. The number of nitrogens with one attached hydrogen (secondary N) is 1. The van der Waals surface area contributed by atoms with E-state index in [1.807, 2.05) is 11.0 Å². The topological polar surface area (TPSA) is 99.6 Å². The van der Waals surface area contributed by atoms with Gasteiger partial charge in [0, 0.05) is 80.5 Å². The summed E-state index contributed by atoms with van der Waals surface area (Å²) in [5.74, 6) is -0.912. The van der Waals surface area contributed by atoms with Crippen LogP contribution in [-0.4, -0.2) is 98.9 Å². The first-order chi connectivity index (χ1) is 21.9. The van der Waals surface area contributed by atoms with E-state index < -0.39 is 11.6 Å². The Morgan fingerprint density at radius 2 is 1.82 bits per heavy atom. The highest BCUT2D eigenvalue weighted by atomic mass is 19.1. The number of methoxy groups -OCH3 is 1. The summed E-state index contributed by atoms with van der Waals surface area (Å²) in [6.07, 6.45) is 8.47. The number of aromatic nitrogens is 4. The van der Waals surface area contributed by atoms with Crippen molar-refractivity contribution in [1.82, 2.24) is 34.7 Å². The highest BCUT2D eigenvalue weighted by Gasteiger charge is 2.33. The maximum atomic E-state index is 16.5. The number of H-pyrrole nitrogens is 1.